The van der Waals surface area contributed by atoms with Gasteiger partial charge in [-0.05, 0) is 37.0 Å². The molecule has 2 N–H and O–H groups in total. The first-order valence-corrected chi connectivity index (χ1v) is 10.6. The van der Waals surface area contributed by atoms with Crippen LogP contribution in [0.15, 0.2) is 79.5 Å². The van der Waals surface area contributed by atoms with Gasteiger partial charge in [0.25, 0.3) is 0 Å². The Labute approximate surface area is 186 Å². The number of nitrogens with zero attached hydrogens (tertiary/aromatic N) is 3. The summed E-state index contributed by atoms with van der Waals surface area (Å²) in [5.74, 6) is 1.48. The summed E-state index contributed by atoms with van der Waals surface area (Å²) in [5, 5.41) is 9.72. The smallest absolute Gasteiger partial charge is 0.213 e. The second kappa shape index (κ2) is 7.96. The van der Waals surface area contributed by atoms with E-state index in [0.29, 0.717) is 12.5 Å². The minimum Gasteiger partial charge on any atom is -0.512 e. The van der Waals surface area contributed by atoms with Crippen LogP contribution in [0, 0.1) is 12.3 Å². The van der Waals surface area contributed by atoms with Crippen LogP contribution in [0.4, 0.5) is 0 Å². The lowest BCUT2D eigenvalue weighted by molar-refractivity contribution is 0.202. The molecule has 3 heterocycles. The van der Waals surface area contributed by atoms with Crippen molar-refractivity contribution in [2.75, 3.05) is 6.61 Å². The molecule has 32 heavy (non-hydrogen) atoms. The van der Waals surface area contributed by atoms with Crippen molar-refractivity contribution in [2.45, 2.75) is 19.8 Å². The van der Waals surface area contributed by atoms with Crippen LogP contribution in [0.1, 0.15) is 18.4 Å². The van der Waals surface area contributed by atoms with E-state index in [1.807, 2.05) is 67.8 Å². The van der Waals surface area contributed by atoms with Crippen molar-refractivity contribution in [2.24, 2.45) is 5.41 Å². The lowest BCUT2D eigenvalue weighted by Crippen LogP contribution is -2.15. The molecule has 5 rings (SSSR count). The van der Waals surface area contributed by atoms with Gasteiger partial charge in [-0.15, -0.1) is 0 Å². The Hall–Kier alpha value is -3.93. The maximum absolute atomic E-state index is 9.72. The number of hydrogen-bond donors (Lipinski definition) is 2. The Morgan fingerprint density at radius 3 is 2.50 bits per heavy atom. The summed E-state index contributed by atoms with van der Waals surface area (Å²) in [4.78, 5) is 16.9. The first kappa shape index (κ1) is 20.0. The molecule has 0 saturated heterocycles. The third-order valence-electron chi connectivity index (χ3n) is 6.03. The van der Waals surface area contributed by atoms with Gasteiger partial charge in [-0.2, -0.15) is 0 Å². The Bertz CT molecular complexity index is 1260. The van der Waals surface area contributed by atoms with E-state index in [1.165, 1.54) is 0 Å². The summed E-state index contributed by atoms with van der Waals surface area (Å²) >= 11 is 0. The number of rotatable bonds is 7. The number of benzene rings is 1. The van der Waals surface area contributed by atoms with E-state index in [4.69, 9.17) is 4.74 Å². The van der Waals surface area contributed by atoms with Crippen molar-refractivity contribution < 1.29 is 9.84 Å². The summed E-state index contributed by atoms with van der Waals surface area (Å²) < 4.78 is 5.82. The molecule has 0 unspecified atom stereocenters. The molecule has 1 saturated carbocycles. The average molecular weight is 425 g/mol. The summed E-state index contributed by atoms with van der Waals surface area (Å²) in [5.41, 5.74) is 5.54. The van der Waals surface area contributed by atoms with Gasteiger partial charge in [-0.1, -0.05) is 43.0 Å². The van der Waals surface area contributed by atoms with Crippen LogP contribution in [-0.2, 0) is 0 Å². The van der Waals surface area contributed by atoms with Gasteiger partial charge in [-0.3, -0.25) is 4.98 Å². The molecule has 0 radical (unpaired) electrons. The number of nitrogens with one attached hydrogen (secondary N) is 1. The highest BCUT2D eigenvalue weighted by atomic mass is 16.5. The number of aliphatic hydroxyl groups is 1. The molecule has 6 heteroatoms. The van der Waals surface area contributed by atoms with Gasteiger partial charge < -0.3 is 14.8 Å². The van der Waals surface area contributed by atoms with Crippen LogP contribution in [0.3, 0.4) is 0 Å². The zero-order valence-electron chi connectivity index (χ0n) is 17.9. The largest absolute Gasteiger partial charge is 0.512 e. The van der Waals surface area contributed by atoms with E-state index in [1.54, 1.807) is 6.20 Å². The Kier molecular flexibility index (Phi) is 4.98. The number of hydrogen-bond acceptors (Lipinski definition) is 5. The van der Waals surface area contributed by atoms with Crippen LogP contribution in [0.5, 0.6) is 5.88 Å². The summed E-state index contributed by atoms with van der Waals surface area (Å²) in [6.07, 6.45) is 7.26. The first-order chi connectivity index (χ1) is 15.5. The quantitative estimate of drug-likeness (QED) is 0.370. The molecular formula is C26H24N4O2. The number of aryl methyl sites for hydroxylation is 1. The zero-order chi connectivity index (χ0) is 22.1. The van der Waals surface area contributed by atoms with Gasteiger partial charge in [0.1, 0.15) is 12.3 Å². The van der Waals surface area contributed by atoms with Crippen LogP contribution in [-0.4, -0.2) is 31.6 Å². The molecule has 4 aromatic rings. The van der Waals surface area contributed by atoms with Crippen LogP contribution in [0.2, 0.25) is 0 Å². The summed E-state index contributed by atoms with van der Waals surface area (Å²) in [6, 6.07) is 16.0. The Morgan fingerprint density at radius 1 is 1.03 bits per heavy atom. The van der Waals surface area contributed by atoms with Gasteiger partial charge in [0.2, 0.25) is 5.88 Å². The molecule has 1 aliphatic carbocycles. The Balaban J connectivity index is 1.31. The second-order valence-electron chi connectivity index (χ2n) is 8.30. The van der Waals surface area contributed by atoms with Gasteiger partial charge in [-0.25, -0.2) is 9.97 Å². The predicted octanol–water partition coefficient (Wildman–Crippen LogP) is 5.74. The molecule has 0 atom stereocenters. The molecule has 6 nitrogen and oxygen atoms in total. The van der Waals surface area contributed by atoms with E-state index in [0.717, 1.165) is 52.3 Å². The monoisotopic (exact) mass is 424 g/mol. The number of aromatic amines is 1. The minimum absolute atomic E-state index is 0.199. The van der Waals surface area contributed by atoms with Crippen molar-refractivity contribution in [3.05, 3.63) is 85.0 Å². The van der Waals surface area contributed by atoms with Gasteiger partial charge in [0.15, 0.2) is 5.82 Å². The number of aromatic nitrogens is 4. The van der Waals surface area contributed by atoms with Crippen molar-refractivity contribution in [1.29, 1.82) is 0 Å². The van der Waals surface area contributed by atoms with Gasteiger partial charge in [0, 0.05) is 29.6 Å². The standard InChI is InChI=1S/C26H24N4O2/c1-17-12-24(32-16-26(10-11-26)18(2)31)28-14-21(17)20-8-9-22(27-13-20)25-29-15-23(30-25)19-6-4-3-5-7-19/h3-9,12-15,31H,2,10-11,16H2,1H3,(H,29,30). The molecule has 3 aromatic heterocycles. The lowest BCUT2D eigenvalue weighted by atomic mass is 10.0. The van der Waals surface area contributed by atoms with Crippen molar-refractivity contribution >= 4 is 0 Å². The number of H-pyrrole nitrogens is 1. The molecule has 0 bridgehead atoms. The van der Waals surface area contributed by atoms with E-state index in [9.17, 15) is 5.11 Å². The average Bonchev–Trinajstić information content (AvgIpc) is 3.46. The lowest BCUT2D eigenvalue weighted by Gasteiger charge is -2.15. The number of aliphatic hydroxyl groups excluding tert-OH is 1. The highest BCUT2D eigenvalue weighted by molar-refractivity contribution is 5.68. The predicted molar refractivity (Wildman–Crippen MR) is 124 cm³/mol. The fourth-order valence-corrected chi connectivity index (χ4v) is 3.70. The molecule has 0 amide bonds. The third kappa shape index (κ3) is 3.87. The summed E-state index contributed by atoms with van der Waals surface area (Å²) in [7, 11) is 0. The normalized spacial score (nSPS) is 14.2. The molecule has 160 valence electrons. The number of pyridine rings is 2. The molecule has 1 aromatic carbocycles. The highest BCUT2D eigenvalue weighted by Gasteiger charge is 2.47. The van der Waals surface area contributed by atoms with Gasteiger partial charge in [0.05, 0.1) is 23.1 Å². The van der Waals surface area contributed by atoms with Crippen LogP contribution < -0.4 is 4.74 Å². The molecule has 0 aliphatic heterocycles. The fourth-order valence-electron chi connectivity index (χ4n) is 3.70. The zero-order valence-corrected chi connectivity index (χ0v) is 17.9. The van der Waals surface area contributed by atoms with Crippen molar-refractivity contribution in [3.8, 4) is 39.8 Å². The molecule has 0 spiro atoms. The highest BCUT2D eigenvalue weighted by Crippen LogP contribution is 2.50. The SMILES string of the molecule is C=C(O)C1(COc2cc(C)c(-c3ccc(-c4ncc(-c5ccccc5)[nH]4)nc3)cn2)CC1. The molecular weight excluding hydrogens is 400 g/mol. The van der Waals surface area contributed by atoms with E-state index < -0.39 is 0 Å². The maximum Gasteiger partial charge on any atom is 0.213 e. The number of imidazole rings is 1. The second-order valence-corrected chi connectivity index (χ2v) is 8.30. The van der Waals surface area contributed by atoms with Crippen molar-refractivity contribution in [3.63, 3.8) is 0 Å². The van der Waals surface area contributed by atoms with Gasteiger partial charge >= 0.3 is 0 Å². The third-order valence-corrected chi connectivity index (χ3v) is 6.03. The maximum atomic E-state index is 9.72. The van der Waals surface area contributed by atoms with Crippen molar-refractivity contribution in [1.82, 2.24) is 19.9 Å². The van der Waals surface area contributed by atoms with E-state index in [-0.39, 0.29) is 11.2 Å². The van der Waals surface area contributed by atoms with E-state index in [2.05, 4.69) is 26.5 Å². The first-order valence-electron chi connectivity index (χ1n) is 10.6. The molecule has 1 aliphatic rings. The topological polar surface area (TPSA) is 83.9 Å². The number of ether oxygens (including phenoxy) is 1. The summed E-state index contributed by atoms with van der Waals surface area (Å²) in [6.45, 7) is 6.08. The van der Waals surface area contributed by atoms with Crippen LogP contribution in [0.25, 0.3) is 33.9 Å². The molecule has 1 fully saturated rings. The van der Waals surface area contributed by atoms with Crippen LogP contribution >= 0.6 is 0 Å². The van der Waals surface area contributed by atoms with E-state index >= 15 is 0 Å². The minimum atomic E-state index is -0.291. The Morgan fingerprint density at radius 2 is 1.84 bits per heavy atom. The fraction of sp³-hybridized carbons (Fsp3) is 0.192.